The van der Waals surface area contributed by atoms with Crippen LogP contribution < -0.4 is 10.7 Å². The minimum atomic E-state index is -0.112. The molecule has 0 bridgehead atoms. The molecule has 2 N–H and O–H groups in total. The fourth-order valence-corrected chi connectivity index (χ4v) is 2.34. The lowest BCUT2D eigenvalue weighted by Gasteiger charge is -2.21. The molecule has 2 aromatic rings. The minimum Gasteiger partial charge on any atom is -0.352 e. The zero-order chi connectivity index (χ0) is 17.2. The van der Waals surface area contributed by atoms with Crippen molar-refractivity contribution in [2.45, 2.75) is 20.8 Å². The zero-order valence-electron chi connectivity index (χ0n) is 14.5. The van der Waals surface area contributed by atoms with Gasteiger partial charge in [-0.1, -0.05) is 26.0 Å². The second-order valence-corrected chi connectivity index (χ2v) is 5.26. The number of aromatic amines is 1. The highest BCUT2D eigenvalue weighted by Gasteiger charge is 2.03. The van der Waals surface area contributed by atoms with Crippen molar-refractivity contribution in [2.75, 3.05) is 33.2 Å². The first kappa shape index (κ1) is 19.1. The van der Waals surface area contributed by atoms with Crippen LogP contribution in [0.2, 0.25) is 0 Å². The summed E-state index contributed by atoms with van der Waals surface area (Å²) < 4.78 is 0. The maximum atomic E-state index is 11.6. The normalized spacial score (nSPS) is 14.3. The van der Waals surface area contributed by atoms with Crippen LogP contribution in [0.25, 0.3) is 10.9 Å². The summed E-state index contributed by atoms with van der Waals surface area (Å²) in [6.07, 6.45) is 0.642. The molecule has 0 spiro atoms. The highest BCUT2D eigenvalue weighted by molar-refractivity contribution is 5.85. The van der Waals surface area contributed by atoms with E-state index >= 15 is 0 Å². The summed E-state index contributed by atoms with van der Waals surface area (Å²) in [5, 5.41) is 3.92. The fourth-order valence-electron chi connectivity index (χ4n) is 2.34. The second kappa shape index (κ2) is 9.92. The first-order chi connectivity index (χ1) is 11.1. The number of fused-ring (bicyclic) bond motifs is 1. The van der Waals surface area contributed by atoms with E-state index in [1.807, 2.05) is 32.9 Å². The summed E-state index contributed by atoms with van der Waals surface area (Å²) >= 11 is 0. The molecule has 5 heteroatoms. The Morgan fingerprint density at radius 2 is 1.83 bits per heavy atom. The predicted molar refractivity (Wildman–Crippen MR) is 96.4 cm³/mol. The number of H-pyrrole nitrogens is 1. The first-order valence-corrected chi connectivity index (χ1v) is 8.09. The number of carbonyl (C=O) groups excluding carboxylic acids is 1. The number of nitrogens with one attached hydrogen (secondary N) is 2. The van der Waals surface area contributed by atoms with E-state index in [4.69, 9.17) is 0 Å². The number of benzene rings is 1. The van der Waals surface area contributed by atoms with E-state index in [0.717, 1.165) is 18.7 Å². The molecule has 1 saturated heterocycles. The van der Waals surface area contributed by atoms with Crippen molar-refractivity contribution in [3.63, 3.8) is 0 Å². The molecule has 126 valence electrons. The Labute approximate surface area is 137 Å². The third-order valence-electron chi connectivity index (χ3n) is 3.55. The number of pyridine rings is 1. The van der Waals surface area contributed by atoms with Gasteiger partial charge in [0.25, 0.3) is 0 Å². The van der Waals surface area contributed by atoms with E-state index in [9.17, 15) is 9.59 Å². The number of aldehydes is 1. The van der Waals surface area contributed by atoms with Gasteiger partial charge in [-0.3, -0.25) is 9.59 Å². The topological polar surface area (TPSA) is 65.2 Å². The largest absolute Gasteiger partial charge is 0.352 e. The number of hydrogen-bond donors (Lipinski definition) is 2. The van der Waals surface area contributed by atoms with Crippen LogP contribution in [-0.4, -0.2) is 49.4 Å². The van der Waals surface area contributed by atoms with Crippen molar-refractivity contribution in [1.29, 1.82) is 0 Å². The number of likely N-dealkylation sites (N-methyl/N-ethyl adjacent to an activating group) is 1. The molecule has 0 radical (unpaired) electrons. The summed E-state index contributed by atoms with van der Waals surface area (Å²) in [6, 6.07) is 6.83. The van der Waals surface area contributed by atoms with E-state index in [0.29, 0.717) is 22.9 Å². The van der Waals surface area contributed by atoms with Gasteiger partial charge in [0.2, 0.25) is 0 Å². The number of hydrogen-bond acceptors (Lipinski definition) is 4. The average molecular weight is 317 g/mol. The molecule has 1 aromatic carbocycles. The SMILES string of the molecule is CC.CN1CCNCC1.Cc1cccc2[nH]c(C=O)cc(=O)c12. The van der Waals surface area contributed by atoms with Gasteiger partial charge in [-0.25, -0.2) is 0 Å². The Kier molecular flexibility index (Phi) is 8.22. The summed E-state index contributed by atoms with van der Waals surface area (Å²) in [4.78, 5) is 27.3. The molecule has 3 rings (SSSR count). The highest BCUT2D eigenvalue weighted by atomic mass is 16.1. The molecule has 2 heterocycles. The Bertz CT molecular complexity index is 674. The van der Waals surface area contributed by atoms with E-state index in [1.54, 1.807) is 6.07 Å². The van der Waals surface area contributed by atoms with Crippen LogP contribution in [0.4, 0.5) is 0 Å². The summed E-state index contributed by atoms with van der Waals surface area (Å²) in [6.45, 7) is 10.6. The van der Waals surface area contributed by atoms with Crippen molar-refractivity contribution < 1.29 is 4.79 Å². The molecule has 5 nitrogen and oxygen atoms in total. The predicted octanol–water partition coefficient (Wildman–Crippen LogP) is 2.20. The standard InChI is InChI=1S/C11H9NO2.C5H12N2.C2H6/c1-7-3-2-4-9-11(7)10(14)5-8(6-13)12-9;1-7-4-2-6-3-5-7;1-2/h2-6H,1H3,(H,12,14);6H,2-5H2,1H3;1-2H3. The lowest BCUT2D eigenvalue weighted by molar-refractivity contribution is 0.111. The van der Waals surface area contributed by atoms with Crippen molar-refractivity contribution in [3.05, 3.63) is 45.7 Å². The molecule has 0 amide bonds. The van der Waals surface area contributed by atoms with Gasteiger partial charge in [0.1, 0.15) is 0 Å². The van der Waals surface area contributed by atoms with Crippen molar-refractivity contribution >= 4 is 17.2 Å². The van der Waals surface area contributed by atoms with E-state index in [1.165, 1.54) is 19.2 Å². The molecular formula is C18H27N3O2. The molecule has 1 fully saturated rings. The van der Waals surface area contributed by atoms with E-state index in [-0.39, 0.29) is 5.43 Å². The first-order valence-electron chi connectivity index (χ1n) is 8.09. The van der Waals surface area contributed by atoms with Gasteiger partial charge in [0.05, 0.1) is 11.2 Å². The van der Waals surface area contributed by atoms with Gasteiger partial charge in [0, 0.05) is 37.6 Å². The smallest absolute Gasteiger partial charge is 0.190 e. The van der Waals surface area contributed by atoms with Gasteiger partial charge < -0.3 is 15.2 Å². The Balaban J connectivity index is 0.000000247. The van der Waals surface area contributed by atoms with Gasteiger partial charge in [0.15, 0.2) is 11.7 Å². The quantitative estimate of drug-likeness (QED) is 0.792. The number of rotatable bonds is 1. The van der Waals surface area contributed by atoms with Crippen molar-refractivity contribution in [1.82, 2.24) is 15.2 Å². The Hall–Kier alpha value is -1.98. The van der Waals surface area contributed by atoms with Crippen LogP contribution in [0.5, 0.6) is 0 Å². The molecule has 1 aliphatic heterocycles. The van der Waals surface area contributed by atoms with E-state index in [2.05, 4.69) is 22.2 Å². The Morgan fingerprint density at radius 3 is 2.35 bits per heavy atom. The van der Waals surface area contributed by atoms with Gasteiger partial charge in [-0.05, 0) is 25.6 Å². The van der Waals surface area contributed by atoms with Gasteiger partial charge in [-0.15, -0.1) is 0 Å². The molecular weight excluding hydrogens is 290 g/mol. The fraction of sp³-hybridized carbons (Fsp3) is 0.444. The van der Waals surface area contributed by atoms with Gasteiger partial charge >= 0.3 is 0 Å². The maximum Gasteiger partial charge on any atom is 0.190 e. The third-order valence-corrected chi connectivity index (χ3v) is 3.55. The molecule has 0 atom stereocenters. The minimum absolute atomic E-state index is 0.112. The van der Waals surface area contributed by atoms with Crippen molar-refractivity contribution in [3.8, 4) is 0 Å². The zero-order valence-corrected chi connectivity index (χ0v) is 14.5. The molecule has 0 aliphatic carbocycles. The Morgan fingerprint density at radius 1 is 1.17 bits per heavy atom. The number of aromatic nitrogens is 1. The maximum absolute atomic E-state index is 11.6. The molecule has 1 aliphatic rings. The summed E-state index contributed by atoms with van der Waals surface area (Å²) in [5.74, 6) is 0. The number of aryl methyl sites for hydroxylation is 1. The van der Waals surface area contributed by atoms with E-state index < -0.39 is 0 Å². The molecule has 1 aromatic heterocycles. The lowest BCUT2D eigenvalue weighted by Crippen LogP contribution is -2.40. The lowest BCUT2D eigenvalue weighted by atomic mass is 10.1. The van der Waals surface area contributed by atoms with Gasteiger partial charge in [-0.2, -0.15) is 0 Å². The third kappa shape index (κ3) is 5.62. The van der Waals surface area contributed by atoms with Crippen LogP contribution in [0.15, 0.2) is 29.1 Å². The van der Waals surface area contributed by atoms with Crippen LogP contribution in [0.3, 0.4) is 0 Å². The molecule has 0 unspecified atom stereocenters. The van der Waals surface area contributed by atoms with Crippen LogP contribution in [0, 0.1) is 6.92 Å². The van der Waals surface area contributed by atoms with Crippen molar-refractivity contribution in [2.24, 2.45) is 0 Å². The number of nitrogens with zero attached hydrogens (tertiary/aromatic N) is 1. The van der Waals surface area contributed by atoms with Crippen LogP contribution in [0.1, 0.15) is 29.9 Å². The molecule has 23 heavy (non-hydrogen) atoms. The average Bonchev–Trinajstić information content (AvgIpc) is 2.57. The monoisotopic (exact) mass is 317 g/mol. The summed E-state index contributed by atoms with van der Waals surface area (Å²) in [7, 11) is 2.15. The summed E-state index contributed by atoms with van der Waals surface area (Å²) in [5.41, 5.74) is 1.83. The number of carbonyl (C=O) groups is 1. The number of piperazine rings is 1. The van der Waals surface area contributed by atoms with Crippen LogP contribution >= 0.6 is 0 Å². The second-order valence-electron chi connectivity index (χ2n) is 5.26. The van der Waals surface area contributed by atoms with Crippen LogP contribution in [-0.2, 0) is 0 Å². The highest BCUT2D eigenvalue weighted by Crippen LogP contribution is 2.11. The molecule has 0 saturated carbocycles.